The van der Waals surface area contributed by atoms with Crippen molar-refractivity contribution in [2.75, 3.05) is 13.7 Å². The predicted octanol–water partition coefficient (Wildman–Crippen LogP) is 3.40. The van der Waals surface area contributed by atoms with E-state index in [1.165, 1.54) is 7.11 Å². The maximum atomic E-state index is 12.1. The van der Waals surface area contributed by atoms with Gasteiger partial charge in [-0.1, -0.05) is 15.9 Å². The molecule has 0 saturated carbocycles. The smallest absolute Gasteiger partial charge is 0.404 e. The molecule has 90 valence electrons. The standard InChI is InChI=1S/C10H10BrF3O2/c1-15-7-2-4-8(5-3-7)16-6-9(11)10(12,13)14/h2-5,9H,6H2,1H3. The predicted molar refractivity (Wildman–Crippen MR) is 57.3 cm³/mol. The maximum absolute atomic E-state index is 12.1. The van der Waals surface area contributed by atoms with Gasteiger partial charge in [-0.3, -0.25) is 0 Å². The van der Waals surface area contributed by atoms with Gasteiger partial charge in [0.15, 0.2) is 0 Å². The fraction of sp³-hybridized carbons (Fsp3) is 0.400. The number of rotatable bonds is 4. The zero-order valence-corrected chi connectivity index (χ0v) is 10.0. The molecule has 1 aromatic carbocycles. The molecular formula is C10H10BrF3O2. The monoisotopic (exact) mass is 298 g/mol. The maximum Gasteiger partial charge on any atom is 0.404 e. The molecule has 0 radical (unpaired) electrons. The number of halogens is 4. The molecule has 0 fully saturated rings. The lowest BCUT2D eigenvalue weighted by atomic mass is 10.3. The van der Waals surface area contributed by atoms with Gasteiger partial charge >= 0.3 is 6.18 Å². The SMILES string of the molecule is COc1ccc(OCC(Br)C(F)(F)F)cc1. The van der Waals surface area contributed by atoms with Crippen molar-refractivity contribution < 1.29 is 22.6 Å². The Hall–Kier alpha value is -0.910. The highest BCUT2D eigenvalue weighted by atomic mass is 79.9. The fourth-order valence-corrected chi connectivity index (χ4v) is 1.07. The Labute approximate surface area is 99.5 Å². The van der Waals surface area contributed by atoms with Crippen LogP contribution in [0.4, 0.5) is 13.2 Å². The third-order valence-corrected chi connectivity index (χ3v) is 2.59. The molecule has 6 heteroatoms. The zero-order chi connectivity index (χ0) is 12.2. The quantitative estimate of drug-likeness (QED) is 0.793. The molecule has 2 nitrogen and oxygen atoms in total. The van der Waals surface area contributed by atoms with Gasteiger partial charge in [-0.15, -0.1) is 0 Å². The lowest BCUT2D eigenvalue weighted by molar-refractivity contribution is -0.132. The molecule has 0 spiro atoms. The molecule has 0 saturated heterocycles. The van der Waals surface area contributed by atoms with Crippen molar-refractivity contribution >= 4 is 15.9 Å². The molecule has 0 bridgehead atoms. The van der Waals surface area contributed by atoms with E-state index < -0.39 is 17.6 Å². The summed E-state index contributed by atoms with van der Waals surface area (Å²) in [7, 11) is 1.51. The molecule has 0 N–H and O–H groups in total. The van der Waals surface area contributed by atoms with Gasteiger partial charge in [-0.25, -0.2) is 0 Å². The third kappa shape index (κ3) is 3.92. The summed E-state index contributed by atoms with van der Waals surface area (Å²) < 4.78 is 46.2. The van der Waals surface area contributed by atoms with Gasteiger partial charge in [0.05, 0.1) is 7.11 Å². The second kappa shape index (κ2) is 5.43. The van der Waals surface area contributed by atoms with Crippen LogP contribution < -0.4 is 9.47 Å². The van der Waals surface area contributed by atoms with Crippen LogP contribution in [0.1, 0.15) is 0 Å². The van der Waals surface area contributed by atoms with E-state index in [2.05, 4.69) is 15.9 Å². The lowest BCUT2D eigenvalue weighted by Crippen LogP contribution is -2.28. The van der Waals surface area contributed by atoms with E-state index in [9.17, 15) is 13.2 Å². The van der Waals surface area contributed by atoms with Crippen molar-refractivity contribution in [2.45, 2.75) is 11.0 Å². The van der Waals surface area contributed by atoms with Gasteiger partial charge in [0, 0.05) is 0 Å². The van der Waals surface area contributed by atoms with Gasteiger partial charge in [0.2, 0.25) is 0 Å². The first-order chi connectivity index (χ1) is 7.43. The molecule has 1 rings (SSSR count). The fourth-order valence-electron chi connectivity index (χ4n) is 0.936. The molecule has 1 aromatic rings. The Morgan fingerprint density at radius 3 is 2.12 bits per heavy atom. The summed E-state index contributed by atoms with van der Waals surface area (Å²) >= 11 is 2.51. The molecule has 1 atom stereocenters. The molecule has 0 aliphatic heterocycles. The summed E-state index contributed by atoms with van der Waals surface area (Å²) in [6.07, 6.45) is -4.30. The normalized spacial score (nSPS) is 13.3. The molecule has 0 heterocycles. The second-order valence-corrected chi connectivity index (χ2v) is 4.10. The van der Waals surface area contributed by atoms with E-state index >= 15 is 0 Å². The van der Waals surface area contributed by atoms with Crippen molar-refractivity contribution in [1.29, 1.82) is 0 Å². The Bertz CT molecular complexity index is 324. The van der Waals surface area contributed by atoms with Crippen LogP contribution in [-0.2, 0) is 0 Å². The van der Waals surface area contributed by atoms with Crippen LogP contribution in [0, 0.1) is 0 Å². The third-order valence-electron chi connectivity index (χ3n) is 1.81. The van der Waals surface area contributed by atoms with E-state index in [1.807, 2.05) is 0 Å². The van der Waals surface area contributed by atoms with Gasteiger partial charge in [-0.05, 0) is 24.3 Å². The Kier molecular flexibility index (Phi) is 4.46. The van der Waals surface area contributed by atoms with E-state index in [-0.39, 0.29) is 0 Å². The Morgan fingerprint density at radius 2 is 1.69 bits per heavy atom. The van der Waals surface area contributed by atoms with Gasteiger partial charge in [-0.2, -0.15) is 13.2 Å². The highest BCUT2D eigenvalue weighted by molar-refractivity contribution is 9.09. The highest BCUT2D eigenvalue weighted by Crippen LogP contribution is 2.27. The average molecular weight is 299 g/mol. The minimum absolute atomic E-state index is 0.370. The summed E-state index contributed by atoms with van der Waals surface area (Å²) in [5.41, 5.74) is 0. The molecule has 0 aromatic heterocycles. The first kappa shape index (κ1) is 13.2. The number of benzene rings is 1. The van der Waals surface area contributed by atoms with E-state index in [1.54, 1.807) is 24.3 Å². The average Bonchev–Trinajstić information content (AvgIpc) is 2.25. The van der Waals surface area contributed by atoms with Crippen LogP contribution in [0.15, 0.2) is 24.3 Å². The Balaban J connectivity index is 2.48. The summed E-state index contributed by atoms with van der Waals surface area (Å²) in [6, 6.07) is 6.34. The van der Waals surface area contributed by atoms with Crippen LogP contribution in [-0.4, -0.2) is 24.7 Å². The van der Waals surface area contributed by atoms with Crippen molar-refractivity contribution in [1.82, 2.24) is 0 Å². The van der Waals surface area contributed by atoms with Crippen LogP contribution >= 0.6 is 15.9 Å². The minimum Gasteiger partial charge on any atom is -0.497 e. The van der Waals surface area contributed by atoms with E-state index in [0.29, 0.717) is 11.5 Å². The largest absolute Gasteiger partial charge is 0.497 e. The topological polar surface area (TPSA) is 18.5 Å². The summed E-state index contributed by atoms with van der Waals surface area (Å²) in [5.74, 6) is 0.994. The van der Waals surface area contributed by atoms with E-state index in [4.69, 9.17) is 9.47 Å². The molecule has 0 aliphatic carbocycles. The highest BCUT2D eigenvalue weighted by Gasteiger charge is 2.38. The lowest BCUT2D eigenvalue weighted by Gasteiger charge is -2.14. The van der Waals surface area contributed by atoms with Crippen LogP contribution in [0.3, 0.4) is 0 Å². The number of hydrogen-bond donors (Lipinski definition) is 0. The number of methoxy groups -OCH3 is 1. The number of ether oxygens (including phenoxy) is 2. The first-order valence-corrected chi connectivity index (χ1v) is 5.32. The van der Waals surface area contributed by atoms with Gasteiger partial charge in [0.25, 0.3) is 0 Å². The van der Waals surface area contributed by atoms with Crippen molar-refractivity contribution in [3.8, 4) is 11.5 Å². The molecule has 0 amide bonds. The molecule has 1 unspecified atom stereocenters. The van der Waals surface area contributed by atoms with Crippen molar-refractivity contribution in [3.63, 3.8) is 0 Å². The van der Waals surface area contributed by atoms with Crippen molar-refractivity contribution in [3.05, 3.63) is 24.3 Å². The van der Waals surface area contributed by atoms with Crippen LogP contribution in [0.2, 0.25) is 0 Å². The van der Waals surface area contributed by atoms with Gasteiger partial charge in [0.1, 0.15) is 22.9 Å². The molecule has 0 aliphatic rings. The number of hydrogen-bond acceptors (Lipinski definition) is 2. The Morgan fingerprint density at radius 1 is 1.19 bits per heavy atom. The number of alkyl halides is 4. The molecular weight excluding hydrogens is 289 g/mol. The van der Waals surface area contributed by atoms with Crippen molar-refractivity contribution in [2.24, 2.45) is 0 Å². The second-order valence-electron chi connectivity index (χ2n) is 3.00. The van der Waals surface area contributed by atoms with Crippen LogP contribution in [0.5, 0.6) is 11.5 Å². The summed E-state index contributed by atoms with van der Waals surface area (Å²) in [5, 5.41) is 0. The zero-order valence-electron chi connectivity index (χ0n) is 8.42. The summed E-state index contributed by atoms with van der Waals surface area (Å²) in [4.78, 5) is -1.66. The minimum atomic E-state index is -4.30. The molecule has 16 heavy (non-hydrogen) atoms. The van der Waals surface area contributed by atoms with Gasteiger partial charge < -0.3 is 9.47 Å². The first-order valence-electron chi connectivity index (χ1n) is 4.41. The van der Waals surface area contributed by atoms with E-state index in [0.717, 1.165) is 0 Å². The summed E-state index contributed by atoms with van der Waals surface area (Å²) in [6.45, 7) is -0.462. The van der Waals surface area contributed by atoms with Crippen LogP contribution in [0.25, 0.3) is 0 Å².